The second kappa shape index (κ2) is 5.19. The van der Waals surface area contributed by atoms with E-state index in [1.54, 1.807) is 7.11 Å². The van der Waals surface area contributed by atoms with Crippen LogP contribution >= 0.6 is 0 Å². The van der Waals surface area contributed by atoms with Crippen LogP contribution in [0.25, 0.3) is 0 Å². The topological polar surface area (TPSA) is 48.1 Å². The third-order valence-electron chi connectivity index (χ3n) is 3.11. The van der Waals surface area contributed by atoms with E-state index in [0.29, 0.717) is 0 Å². The lowest BCUT2D eigenvalue weighted by atomic mass is 9.96. The SMILES string of the molecule is COc1ccc(C(N)c2ccc(C)nc2)c(C)c1. The van der Waals surface area contributed by atoms with E-state index in [-0.39, 0.29) is 6.04 Å². The highest BCUT2D eigenvalue weighted by Gasteiger charge is 2.12. The van der Waals surface area contributed by atoms with Crippen molar-refractivity contribution in [2.24, 2.45) is 5.73 Å². The Morgan fingerprint density at radius 2 is 1.94 bits per heavy atom. The van der Waals surface area contributed by atoms with Crippen LogP contribution in [0.3, 0.4) is 0 Å². The fourth-order valence-corrected chi connectivity index (χ4v) is 1.97. The van der Waals surface area contributed by atoms with Crippen LogP contribution in [-0.4, -0.2) is 12.1 Å². The molecule has 0 radical (unpaired) electrons. The molecule has 1 aromatic heterocycles. The van der Waals surface area contributed by atoms with Crippen molar-refractivity contribution in [2.45, 2.75) is 19.9 Å². The first-order chi connectivity index (χ1) is 8.61. The van der Waals surface area contributed by atoms with E-state index < -0.39 is 0 Å². The number of aromatic nitrogens is 1. The van der Waals surface area contributed by atoms with Gasteiger partial charge in [0.1, 0.15) is 5.75 Å². The van der Waals surface area contributed by atoms with Gasteiger partial charge in [-0.3, -0.25) is 4.98 Å². The van der Waals surface area contributed by atoms with E-state index in [0.717, 1.165) is 28.1 Å². The Balaban J connectivity index is 2.33. The lowest BCUT2D eigenvalue weighted by Crippen LogP contribution is -2.13. The summed E-state index contributed by atoms with van der Waals surface area (Å²) in [5.74, 6) is 0.852. The monoisotopic (exact) mass is 242 g/mol. The Morgan fingerprint density at radius 1 is 1.17 bits per heavy atom. The standard InChI is InChI=1S/C15H18N2O/c1-10-8-13(18-3)6-7-14(10)15(16)12-5-4-11(2)17-9-12/h4-9,15H,16H2,1-3H3. The number of hydrogen-bond donors (Lipinski definition) is 1. The fourth-order valence-electron chi connectivity index (χ4n) is 1.97. The molecule has 0 aliphatic carbocycles. The van der Waals surface area contributed by atoms with Crippen molar-refractivity contribution in [2.75, 3.05) is 7.11 Å². The van der Waals surface area contributed by atoms with Crippen molar-refractivity contribution in [1.82, 2.24) is 4.98 Å². The number of pyridine rings is 1. The van der Waals surface area contributed by atoms with Crippen LogP contribution in [0, 0.1) is 13.8 Å². The smallest absolute Gasteiger partial charge is 0.119 e. The average Bonchev–Trinajstić information content (AvgIpc) is 2.38. The molecule has 1 aromatic carbocycles. The Morgan fingerprint density at radius 3 is 2.50 bits per heavy atom. The van der Waals surface area contributed by atoms with Gasteiger partial charge in [0.2, 0.25) is 0 Å². The first-order valence-electron chi connectivity index (χ1n) is 5.94. The molecule has 18 heavy (non-hydrogen) atoms. The molecule has 0 aliphatic rings. The van der Waals surface area contributed by atoms with Crippen molar-refractivity contribution in [3.05, 3.63) is 58.9 Å². The maximum absolute atomic E-state index is 6.28. The molecule has 0 spiro atoms. The van der Waals surface area contributed by atoms with Gasteiger partial charge in [0.05, 0.1) is 13.2 Å². The van der Waals surface area contributed by atoms with Gasteiger partial charge in [0.15, 0.2) is 0 Å². The van der Waals surface area contributed by atoms with Crippen LogP contribution in [0.1, 0.15) is 28.4 Å². The molecule has 0 saturated heterocycles. The quantitative estimate of drug-likeness (QED) is 0.900. The fraction of sp³-hybridized carbons (Fsp3) is 0.267. The first kappa shape index (κ1) is 12.6. The third-order valence-corrected chi connectivity index (χ3v) is 3.11. The van der Waals surface area contributed by atoms with Crippen LogP contribution in [0.2, 0.25) is 0 Å². The van der Waals surface area contributed by atoms with Gasteiger partial charge in [0.25, 0.3) is 0 Å². The van der Waals surface area contributed by atoms with E-state index in [4.69, 9.17) is 10.5 Å². The number of ether oxygens (including phenoxy) is 1. The molecule has 0 aliphatic heterocycles. The minimum atomic E-state index is -0.149. The van der Waals surface area contributed by atoms with Crippen LogP contribution in [-0.2, 0) is 0 Å². The molecule has 2 aromatic rings. The van der Waals surface area contributed by atoms with E-state index >= 15 is 0 Å². The Labute approximate surface area is 108 Å². The predicted octanol–water partition coefficient (Wildman–Crippen LogP) is 2.76. The summed E-state index contributed by atoms with van der Waals surface area (Å²) >= 11 is 0. The summed E-state index contributed by atoms with van der Waals surface area (Å²) in [5, 5.41) is 0. The largest absolute Gasteiger partial charge is 0.497 e. The number of benzene rings is 1. The minimum Gasteiger partial charge on any atom is -0.497 e. The number of nitrogens with two attached hydrogens (primary N) is 1. The summed E-state index contributed by atoms with van der Waals surface area (Å²) in [7, 11) is 1.66. The molecule has 0 fully saturated rings. The summed E-state index contributed by atoms with van der Waals surface area (Å²) in [5.41, 5.74) is 10.5. The number of aryl methyl sites for hydroxylation is 2. The van der Waals surface area contributed by atoms with Gasteiger partial charge >= 0.3 is 0 Å². The molecule has 1 atom stereocenters. The van der Waals surface area contributed by atoms with Gasteiger partial charge in [0, 0.05) is 11.9 Å². The lowest BCUT2D eigenvalue weighted by molar-refractivity contribution is 0.414. The molecule has 0 amide bonds. The van der Waals surface area contributed by atoms with Gasteiger partial charge in [-0.15, -0.1) is 0 Å². The first-order valence-corrected chi connectivity index (χ1v) is 5.94. The second-order valence-corrected chi connectivity index (χ2v) is 4.43. The molecular formula is C15H18N2O. The summed E-state index contributed by atoms with van der Waals surface area (Å²) in [6.07, 6.45) is 1.84. The number of hydrogen-bond acceptors (Lipinski definition) is 3. The van der Waals surface area contributed by atoms with Gasteiger partial charge in [-0.05, 0) is 48.7 Å². The number of rotatable bonds is 3. The maximum Gasteiger partial charge on any atom is 0.119 e. The third kappa shape index (κ3) is 2.51. The van der Waals surface area contributed by atoms with Crippen molar-refractivity contribution in [1.29, 1.82) is 0 Å². The van der Waals surface area contributed by atoms with Gasteiger partial charge < -0.3 is 10.5 Å². The molecular weight excluding hydrogens is 224 g/mol. The highest BCUT2D eigenvalue weighted by Crippen LogP contribution is 2.25. The highest BCUT2D eigenvalue weighted by molar-refractivity contribution is 5.40. The zero-order valence-electron chi connectivity index (χ0n) is 11.0. The second-order valence-electron chi connectivity index (χ2n) is 4.43. The zero-order valence-corrected chi connectivity index (χ0v) is 11.0. The van der Waals surface area contributed by atoms with E-state index in [1.165, 1.54) is 0 Å². The molecule has 3 heteroatoms. The molecule has 2 rings (SSSR count). The minimum absolute atomic E-state index is 0.149. The van der Waals surface area contributed by atoms with Crippen LogP contribution < -0.4 is 10.5 Å². The molecule has 2 N–H and O–H groups in total. The molecule has 1 heterocycles. The highest BCUT2D eigenvalue weighted by atomic mass is 16.5. The van der Waals surface area contributed by atoms with Crippen molar-refractivity contribution in [3.63, 3.8) is 0 Å². The summed E-state index contributed by atoms with van der Waals surface area (Å²) in [6.45, 7) is 4.01. The summed E-state index contributed by atoms with van der Waals surface area (Å²) < 4.78 is 5.20. The summed E-state index contributed by atoms with van der Waals surface area (Å²) in [6, 6.07) is 9.80. The Kier molecular flexibility index (Phi) is 3.63. The van der Waals surface area contributed by atoms with Gasteiger partial charge in [-0.1, -0.05) is 12.1 Å². The molecule has 94 valence electrons. The normalized spacial score (nSPS) is 12.2. The summed E-state index contributed by atoms with van der Waals surface area (Å²) in [4.78, 5) is 4.28. The number of nitrogens with zero attached hydrogens (tertiary/aromatic N) is 1. The van der Waals surface area contributed by atoms with E-state index in [1.807, 2.05) is 50.4 Å². The predicted molar refractivity (Wildman–Crippen MR) is 72.7 cm³/mol. The van der Waals surface area contributed by atoms with Crippen LogP contribution in [0.4, 0.5) is 0 Å². The van der Waals surface area contributed by atoms with Crippen molar-refractivity contribution >= 4 is 0 Å². The van der Waals surface area contributed by atoms with Gasteiger partial charge in [-0.25, -0.2) is 0 Å². The lowest BCUT2D eigenvalue weighted by Gasteiger charge is -2.16. The van der Waals surface area contributed by atoms with Gasteiger partial charge in [-0.2, -0.15) is 0 Å². The average molecular weight is 242 g/mol. The molecule has 3 nitrogen and oxygen atoms in total. The molecule has 0 saturated carbocycles. The van der Waals surface area contributed by atoms with E-state index in [9.17, 15) is 0 Å². The Hall–Kier alpha value is -1.87. The van der Waals surface area contributed by atoms with Crippen LogP contribution in [0.15, 0.2) is 36.5 Å². The Bertz CT molecular complexity index is 535. The van der Waals surface area contributed by atoms with Crippen LogP contribution in [0.5, 0.6) is 5.75 Å². The molecule has 1 unspecified atom stereocenters. The van der Waals surface area contributed by atoms with Crippen molar-refractivity contribution in [3.8, 4) is 5.75 Å². The zero-order chi connectivity index (χ0) is 13.1. The van der Waals surface area contributed by atoms with E-state index in [2.05, 4.69) is 4.98 Å². The van der Waals surface area contributed by atoms with Crippen molar-refractivity contribution < 1.29 is 4.74 Å². The molecule has 0 bridgehead atoms. The maximum atomic E-state index is 6.28. The number of methoxy groups -OCH3 is 1.